The molecule has 0 amide bonds. The van der Waals surface area contributed by atoms with Crippen molar-refractivity contribution in [2.45, 2.75) is 17.8 Å². The molecule has 13 rings (SSSR count). The van der Waals surface area contributed by atoms with Crippen LogP contribution in [-0.4, -0.2) is 4.57 Å². The molecular formula is C69H49N. The second-order valence-electron chi connectivity index (χ2n) is 18.7. The van der Waals surface area contributed by atoms with Crippen LogP contribution < -0.4 is 0 Å². The summed E-state index contributed by atoms with van der Waals surface area (Å²) in [7, 11) is 0. The summed E-state index contributed by atoms with van der Waals surface area (Å²) >= 11 is 0. The van der Waals surface area contributed by atoms with Gasteiger partial charge in [-0.25, -0.2) is 0 Å². The molecule has 1 nitrogen and oxygen atoms in total. The van der Waals surface area contributed by atoms with Gasteiger partial charge in [-0.2, -0.15) is 0 Å². The summed E-state index contributed by atoms with van der Waals surface area (Å²) in [6, 6.07) is 103. The normalized spacial score (nSPS) is 13.0. The van der Waals surface area contributed by atoms with Crippen LogP contribution in [0.5, 0.6) is 0 Å². The maximum absolute atomic E-state index is 2.53. The fourth-order valence-electron chi connectivity index (χ4n) is 11.8. The summed E-state index contributed by atoms with van der Waals surface area (Å²) in [6.07, 6.45) is 0.882. The zero-order valence-electron chi connectivity index (χ0n) is 38.8. The average molecular weight is 892 g/mol. The Morgan fingerprint density at radius 1 is 0.329 bits per heavy atom. The van der Waals surface area contributed by atoms with Crippen LogP contribution in [0.1, 0.15) is 44.9 Å². The number of hydrogen-bond acceptors (Lipinski definition) is 0. The number of nitrogens with zero attached hydrogens (tertiary/aromatic N) is 1. The topological polar surface area (TPSA) is 4.93 Å². The smallest absolute Gasteiger partial charge is 0.0719 e. The molecule has 0 fully saturated rings. The summed E-state index contributed by atoms with van der Waals surface area (Å²) in [5.74, 6) is 0.148. The van der Waals surface area contributed by atoms with Gasteiger partial charge in [0.25, 0.3) is 0 Å². The van der Waals surface area contributed by atoms with Gasteiger partial charge in [-0.15, -0.1) is 0 Å². The van der Waals surface area contributed by atoms with E-state index < -0.39 is 5.41 Å². The highest BCUT2D eigenvalue weighted by Crippen LogP contribution is 2.59. The molecule has 1 aliphatic carbocycles. The Labute approximate surface area is 410 Å². The fourth-order valence-corrected chi connectivity index (χ4v) is 11.8. The number of para-hydroxylation sites is 1. The van der Waals surface area contributed by atoms with Gasteiger partial charge in [0.05, 0.1) is 22.1 Å². The van der Waals surface area contributed by atoms with Crippen LogP contribution in [0, 0.1) is 0 Å². The molecule has 330 valence electrons. The van der Waals surface area contributed by atoms with Crippen LogP contribution in [0.15, 0.2) is 279 Å². The van der Waals surface area contributed by atoms with Gasteiger partial charge in [0.15, 0.2) is 0 Å². The van der Waals surface area contributed by atoms with Crippen LogP contribution in [0.2, 0.25) is 0 Å². The van der Waals surface area contributed by atoms with Crippen molar-refractivity contribution in [3.05, 3.63) is 318 Å². The monoisotopic (exact) mass is 891 g/mol. The first-order valence-corrected chi connectivity index (χ1v) is 24.5. The lowest BCUT2D eigenvalue weighted by molar-refractivity contribution is 0.770. The van der Waals surface area contributed by atoms with E-state index in [2.05, 4.69) is 284 Å². The maximum Gasteiger partial charge on any atom is 0.0719 e. The van der Waals surface area contributed by atoms with Gasteiger partial charge >= 0.3 is 0 Å². The lowest BCUT2D eigenvalue weighted by atomic mass is 9.66. The molecule has 0 saturated heterocycles. The van der Waals surface area contributed by atoms with Gasteiger partial charge in [-0.1, -0.05) is 255 Å². The Kier molecular flexibility index (Phi) is 10.3. The molecule has 1 heteroatoms. The lowest BCUT2D eigenvalue weighted by Crippen LogP contribution is -2.29. The van der Waals surface area contributed by atoms with Crippen LogP contribution in [-0.2, 0) is 11.8 Å². The van der Waals surface area contributed by atoms with Crippen molar-refractivity contribution in [3.63, 3.8) is 0 Å². The van der Waals surface area contributed by atoms with E-state index in [1.807, 2.05) is 0 Å². The highest BCUT2D eigenvalue weighted by Gasteiger charge is 2.47. The number of fused-ring (bicyclic) bond motifs is 6. The van der Waals surface area contributed by atoms with E-state index in [1.54, 1.807) is 0 Å². The first kappa shape index (κ1) is 41.4. The van der Waals surface area contributed by atoms with E-state index in [1.165, 1.54) is 105 Å². The first-order valence-electron chi connectivity index (χ1n) is 24.5. The van der Waals surface area contributed by atoms with Crippen molar-refractivity contribution < 1.29 is 0 Å². The Hall–Kier alpha value is -8.78. The molecule has 0 radical (unpaired) electrons. The quantitative estimate of drug-likeness (QED) is 0.129. The molecule has 0 saturated carbocycles. The van der Waals surface area contributed by atoms with Crippen LogP contribution in [0.4, 0.5) is 0 Å². The Morgan fingerprint density at radius 2 is 0.871 bits per heavy atom. The van der Waals surface area contributed by atoms with Crippen molar-refractivity contribution >= 4 is 21.8 Å². The van der Waals surface area contributed by atoms with E-state index in [9.17, 15) is 0 Å². The largest absolute Gasteiger partial charge is 0.309 e. The summed E-state index contributed by atoms with van der Waals surface area (Å²) in [4.78, 5) is 0. The van der Waals surface area contributed by atoms with Crippen molar-refractivity contribution in [1.82, 2.24) is 4.57 Å². The molecule has 0 bridgehead atoms. The molecule has 1 atom stereocenters. The number of hydrogen-bond donors (Lipinski definition) is 0. The number of rotatable bonds is 10. The maximum atomic E-state index is 2.53. The molecule has 0 N–H and O–H groups in total. The number of aromatic nitrogens is 1. The van der Waals surface area contributed by atoms with Gasteiger partial charge in [0.2, 0.25) is 0 Å². The zero-order valence-corrected chi connectivity index (χ0v) is 38.8. The standard InChI is InChI=1S/C69H49N/c1-6-21-49(22-7-1)50-39-37-48(38-40-50)45-62(51-23-8-2-9-24-51)54-41-43-60-59-32-17-19-36-65(59)70(67(60)47-54)66-44-42-53(46-63(66)52-25-10-3-11-26-52)57-33-20-34-61-58-31-16-18-35-64(58)69(68(57)61,55-27-12-4-13-28-55)56-29-14-5-15-30-56/h1-44,46-47,62H,45H2. The Balaban J connectivity index is 1.01. The minimum absolute atomic E-state index is 0.148. The van der Waals surface area contributed by atoms with Gasteiger partial charge < -0.3 is 4.57 Å². The Morgan fingerprint density at radius 3 is 1.59 bits per heavy atom. The third kappa shape index (κ3) is 6.85. The van der Waals surface area contributed by atoms with Gasteiger partial charge in [-0.3, -0.25) is 0 Å². The predicted molar refractivity (Wildman–Crippen MR) is 293 cm³/mol. The van der Waals surface area contributed by atoms with Crippen molar-refractivity contribution in [2.75, 3.05) is 0 Å². The average Bonchev–Trinajstić information content (AvgIpc) is 3.94. The van der Waals surface area contributed by atoms with Gasteiger partial charge in [0.1, 0.15) is 0 Å². The molecule has 0 aliphatic heterocycles. The van der Waals surface area contributed by atoms with Crippen molar-refractivity contribution in [3.8, 4) is 50.2 Å². The molecule has 11 aromatic carbocycles. The van der Waals surface area contributed by atoms with Gasteiger partial charge in [0, 0.05) is 22.3 Å². The summed E-state index contributed by atoms with van der Waals surface area (Å²) in [5, 5.41) is 2.49. The second-order valence-corrected chi connectivity index (χ2v) is 18.7. The lowest BCUT2D eigenvalue weighted by Gasteiger charge is -2.35. The highest BCUT2D eigenvalue weighted by molar-refractivity contribution is 6.10. The summed E-state index contributed by atoms with van der Waals surface area (Å²) < 4.78 is 2.53. The van der Waals surface area contributed by atoms with E-state index in [4.69, 9.17) is 0 Å². The van der Waals surface area contributed by atoms with E-state index >= 15 is 0 Å². The van der Waals surface area contributed by atoms with Crippen molar-refractivity contribution in [2.24, 2.45) is 0 Å². The second kappa shape index (κ2) is 17.4. The molecule has 0 spiro atoms. The number of benzene rings is 11. The zero-order chi connectivity index (χ0) is 46.4. The van der Waals surface area contributed by atoms with Crippen LogP contribution in [0.25, 0.3) is 72.0 Å². The minimum atomic E-state index is -0.529. The third-order valence-corrected chi connectivity index (χ3v) is 14.9. The van der Waals surface area contributed by atoms with Gasteiger partial charge in [-0.05, 0) is 109 Å². The molecule has 1 aromatic heterocycles. The summed E-state index contributed by atoms with van der Waals surface area (Å²) in [5.41, 5.74) is 21.9. The molecule has 70 heavy (non-hydrogen) atoms. The SMILES string of the molecule is c1ccc(-c2ccc(CC(c3ccccc3)c3ccc4c5ccccc5n(-c5ccc(-c6cccc7c6C(c6ccccc6)(c6ccccc6)c6ccccc6-7)cc5-c5ccccc5)c4c3)cc2)cc1. The first-order chi connectivity index (χ1) is 34.7. The minimum Gasteiger partial charge on any atom is -0.309 e. The third-order valence-electron chi connectivity index (χ3n) is 14.9. The molecule has 1 unspecified atom stereocenters. The summed E-state index contributed by atoms with van der Waals surface area (Å²) in [6.45, 7) is 0. The van der Waals surface area contributed by atoms with Crippen LogP contribution in [0.3, 0.4) is 0 Å². The fraction of sp³-hybridized carbons (Fsp3) is 0.0435. The van der Waals surface area contributed by atoms with Crippen molar-refractivity contribution in [1.29, 1.82) is 0 Å². The molecular weight excluding hydrogens is 843 g/mol. The van der Waals surface area contributed by atoms with E-state index in [-0.39, 0.29) is 5.92 Å². The molecule has 1 aliphatic rings. The molecule has 1 heterocycles. The predicted octanol–water partition coefficient (Wildman–Crippen LogP) is 17.5. The Bertz CT molecular complexity index is 3780. The molecule has 12 aromatic rings. The van der Waals surface area contributed by atoms with Crippen LogP contribution >= 0.6 is 0 Å². The van der Waals surface area contributed by atoms with E-state index in [0.29, 0.717) is 0 Å². The highest BCUT2D eigenvalue weighted by atomic mass is 15.0. The van der Waals surface area contributed by atoms with E-state index in [0.717, 1.165) is 12.1 Å².